The fourth-order valence-corrected chi connectivity index (χ4v) is 8.73. The smallest absolute Gasteiger partial charge is 0.273 e. The Bertz CT molecular complexity index is 1520. The number of carbonyl (C=O) groups is 4. The van der Waals surface area contributed by atoms with Crippen LogP contribution >= 0.6 is 92.8 Å². The van der Waals surface area contributed by atoms with Gasteiger partial charge in [0.1, 0.15) is 21.5 Å². The Morgan fingerprint density at radius 1 is 0.829 bits per heavy atom. The normalized spacial score (nSPS) is 28.7. The third kappa shape index (κ3) is 4.00. The predicted molar refractivity (Wildman–Crippen MR) is 159 cm³/mol. The van der Waals surface area contributed by atoms with Gasteiger partial charge in [0.2, 0.25) is 0 Å². The van der Waals surface area contributed by atoms with Crippen molar-refractivity contribution in [3.05, 3.63) is 73.7 Å². The summed E-state index contributed by atoms with van der Waals surface area (Å²) < 4.78 is 2.96. The highest BCUT2D eigenvalue weighted by Gasteiger charge is 2.88. The van der Waals surface area contributed by atoms with Crippen molar-refractivity contribution >= 4 is 116 Å². The number of nitrogens with zero attached hydrogens (tertiary/aromatic N) is 2. The number of ketones is 1. The summed E-state index contributed by atoms with van der Waals surface area (Å²) in [5.41, 5.74) is 0.0920. The standard InChI is InChI=1S/C26H16Cl8N2O5/c1-10(18(37)11-3-6-13(41-2)7-4-11)35(21(38)12-5-8-14(27)15(28)9-12)36-22(39)16-17(23(36)40)25(32)20(30)19(29)24(16,31)26(25,33)34/h3-10,16-17H,1-2H3/t10-,16-,17+,24-,25-/m1/s1. The number of allylic oxidation sites excluding steroid dienone is 2. The zero-order chi connectivity index (χ0) is 30.4. The van der Waals surface area contributed by atoms with Crippen molar-refractivity contribution < 1.29 is 23.9 Å². The fraction of sp³-hybridized carbons (Fsp3) is 0.308. The van der Waals surface area contributed by atoms with Crippen LogP contribution in [0, 0.1) is 11.8 Å². The van der Waals surface area contributed by atoms with Crippen LogP contribution in [0.4, 0.5) is 0 Å². The predicted octanol–water partition coefficient (Wildman–Crippen LogP) is 7.08. The number of benzene rings is 2. The molecule has 1 saturated carbocycles. The number of amides is 3. The van der Waals surface area contributed by atoms with Gasteiger partial charge in [0.15, 0.2) is 10.1 Å². The maximum atomic E-state index is 14.1. The van der Waals surface area contributed by atoms with Gasteiger partial charge in [-0.3, -0.25) is 19.2 Å². The molecular weight excluding hydrogens is 704 g/mol. The molecule has 2 aromatic carbocycles. The Morgan fingerprint density at radius 3 is 1.78 bits per heavy atom. The van der Waals surface area contributed by atoms with Gasteiger partial charge in [-0.2, -0.15) is 5.01 Å². The van der Waals surface area contributed by atoms with Gasteiger partial charge in [-0.15, -0.1) is 23.2 Å². The first kappa shape index (κ1) is 31.0. The van der Waals surface area contributed by atoms with Crippen LogP contribution < -0.4 is 4.74 Å². The van der Waals surface area contributed by atoms with Crippen LogP contribution in [0.2, 0.25) is 10.0 Å². The minimum Gasteiger partial charge on any atom is -0.497 e. The first-order chi connectivity index (χ1) is 19.1. The van der Waals surface area contributed by atoms with Crippen molar-refractivity contribution in [1.82, 2.24) is 10.0 Å². The minimum atomic E-state index is -2.17. The third-order valence-electron chi connectivity index (χ3n) is 7.60. The maximum Gasteiger partial charge on any atom is 0.273 e. The van der Waals surface area contributed by atoms with Gasteiger partial charge in [-0.05, 0) is 49.4 Å². The van der Waals surface area contributed by atoms with Crippen LogP contribution in [0.5, 0.6) is 5.75 Å². The number of hydrazine groups is 1. The summed E-state index contributed by atoms with van der Waals surface area (Å²) in [6, 6.07) is 8.55. The van der Waals surface area contributed by atoms with Crippen LogP contribution in [-0.2, 0) is 9.59 Å². The van der Waals surface area contributed by atoms with Gasteiger partial charge in [-0.1, -0.05) is 69.6 Å². The fourth-order valence-electron chi connectivity index (χ4n) is 5.50. The summed E-state index contributed by atoms with van der Waals surface area (Å²) in [7, 11) is 1.46. The van der Waals surface area contributed by atoms with Crippen LogP contribution in [-0.4, -0.2) is 60.8 Å². The molecule has 3 aliphatic rings. The number of alkyl halides is 4. The summed E-state index contributed by atoms with van der Waals surface area (Å²) >= 11 is 51.7. The number of methoxy groups -OCH3 is 1. The Morgan fingerprint density at radius 2 is 1.32 bits per heavy atom. The molecule has 1 saturated heterocycles. The number of ether oxygens (including phenoxy) is 1. The van der Waals surface area contributed by atoms with E-state index in [-0.39, 0.29) is 31.2 Å². The summed E-state index contributed by atoms with van der Waals surface area (Å²) in [6.45, 7) is 1.35. The van der Waals surface area contributed by atoms with Crippen LogP contribution in [0.25, 0.3) is 0 Å². The van der Waals surface area contributed by atoms with Crippen LogP contribution in [0.3, 0.4) is 0 Å². The highest BCUT2D eigenvalue weighted by Crippen LogP contribution is 2.77. The van der Waals surface area contributed by atoms with Gasteiger partial charge in [-0.25, -0.2) is 5.01 Å². The molecule has 15 heteroatoms. The van der Waals surface area contributed by atoms with Crippen molar-refractivity contribution in [2.75, 3.05) is 7.11 Å². The average Bonchev–Trinajstić information content (AvgIpc) is 3.33. The molecule has 7 nitrogen and oxygen atoms in total. The molecule has 5 rings (SSSR count). The number of imide groups is 1. The van der Waals surface area contributed by atoms with E-state index in [1.807, 2.05) is 0 Å². The Labute approximate surface area is 274 Å². The summed E-state index contributed by atoms with van der Waals surface area (Å²) in [5, 5.41) is 0.839. The van der Waals surface area contributed by atoms with Crippen LogP contribution in [0.1, 0.15) is 27.6 Å². The van der Waals surface area contributed by atoms with E-state index in [9.17, 15) is 19.2 Å². The van der Waals surface area contributed by atoms with E-state index < -0.39 is 55.5 Å². The topological polar surface area (TPSA) is 84.0 Å². The molecule has 0 spiro atoms. The third-order valence-corrected chi connectivity index (χ3v) is 12.6. The van der Waals surface area contributed by atoms with Crippen molar-refractivity contribution in [1.29, 1.82) is 0 Å². The number of rotatable bonds is 6. The molecule has 2 aliphatic carbocycles. The molecule has 2 fully saturated rings. The van der Waals surface area contributed by atoms with Crippen molar-refractivity contribution in [3.63, 3.8) is 0 Å². The zero-order valence-electron chi connectivity index (χ0n) is 20.7. The minimum absolute atomic E-state index is 0.0249. The van der Waals surface area contributed by atoms with Crippen LogP contribution in [0.15, 0.2) is 52.5 Å². The van der Waals surface area contributed by atoms with Gasteiger partial charge in [0.05, 0.1) is 39.1 Å². The van der Waals surface area contributed by atoms with E-state index in [0.29, 0.717) is 10.8 Å². The average molecular weight is 720 g/mol. The Kier molecular flexibility index (Phi) is 7.82. The molecule has 0 N–H and O–H groups in total. The second-order valence-electron chi connectivity index (χ2n) is 9.62. The Hall–Kier alpha value is -1.42. The SMILES string of the molecule is COc1ccc(C(=O)[C@@H](C)N(C(=O)c2ccc(Cl)c(Cl)c2)N2C(=O)[C@@H]3[C@H](C2=O)[C@@]2(Cl)C(Cl)=C(Cl)[C@@]3(Cl)C2(Cl)Cl)cc1. The highest BCUT2D eigenvalue weighted by atomic mass is 35.5. The van der Waals surface area contributed by atoms with Crippen molar-refractivity contribution in [3.8, 4) is 5.75 Å². The van der Waals surface area contributed by atoms with E-state index in [1.54, 1.807) is 12.1 Å². The lowest BCUT2D eigenvalue weighted by molar-refractivity contribution is -0.157. The lowest BCUT2D eigenvalue weighted by Gasteiger charge is -2.38. The van der Waals surface area contributed by atoms with E-state index in [4.69, 9.17) is 97.5 Å². The van der Waals surface area contributed by atoms with Crippen molar-refractivity contribution in [2.45, 2.75) is 27.0 Å². The number of hydrogen-bond donors (Lipinski definition) is 0. The van der Waals surface area contributed by atoms with E-state index in [1.165, 1.54) is 44.4 Å². The van der Waals surface area contributed by atoms with E-state index in [0.717, 1.165) is 5.01 Å². The summed E-state index contributed by atoms with van der Waals surface area (Å²) in [4.78, 5) is 51.6. The van der Waals surface area contributed by atoms with E-state index in [2.05, 4.69) is 0 Å². The molecule has 216 valence electrons. The molecule has 0 aromatic heterocycles. The molecular formula is C26H16Cl8N2O5. The second kappa shape index (κ2) is 10.3. The first-order valence-corrected chi connectivity index (χ1v) is 14.8. The lowest BCUT2D eigenvalue weighted by atomic mass is 9.84. The molecule has 1 heterocycles. The molecule has 3 amide bonds. The molecule has 2 aromatic rings. The molecule has 41 heavy (non-hydrogen) atoms. The highest BCUT2D eigenvalue weighted by molar-refractivity contribution is 6.66. The zero-order valence-corrected chi connectivity index (χ0v) is 26.8. The monoisotopic (exact) mass is 716 g/mol. The van der Waals surface area contributed by atoms with Gasteiger partial charge < -0.3 is 4.74 Å². The van der Waals surface area contributed by atoms with E-state index >= 15 is 0 Å². The second-order valence-corrected chi connectivity index (χ2v) is 13.7. The van der Waals surface area contributed by atoms with Gasteiger partial charge in [0, 0.05) is 11.1 Å². The molecule has 5 atom stereocenters. The summed E-state index contributed by atoms with van der Waals surface area (Å²) in [5.74, 6) is -6.11. The number of fused-ring (bicyclic) bond motifs is 5. The lowest BCUT2D eigenvalue weighted by Crippen LogP contribution is -2.59. The molecule has 1 aliphatic heterocycles. The van der Waals surface area contributed by atoms with Gasteiger partial charge in [0.25, 0.3) is 17.7 Å². The largest absolute Gasteiger partial charge is 0.497 e. The number of carbonyl (C=O) groups excluding carboxylic acids is 4. The maximum absolute atomic E-state index is 14.1. The number of halogens is 8. The molecule has 0 unspecified atom stereocenters. The quantitative estimate of drug-likeness (QED) is 0.181. The van der Waals surface area contributed by atoms with Crippen molar-refractivity contribution in [2.24, 2.45) is 11.8 Å². The van der Waals surface area contributed by atoms with Gasteiger partial charge >= 0.3 is 0 Å². The first-order valence-electron chi connectivity index (χ1n) is 11.7. The summed E-state index contributed by atoms with van der Waals surface area (Å²) in [6.07, 6.45) is 0. The molecule has 2 bridgehead atoms. The molecule has 0 radical (unpaired) electrons. The Balaban J connectivity index is 1.63. The number of Topliss-reactive ketones (excluding diaryl/α,β-unsaturated/α-hetero) is 1. The number of hydrogen-bond acceptors (Lipinski definition) is 5.